The molecule has 0 aliphatic heterocycles. The van der Waals surface area contributed by atoms with Gasteiger partial charge in [-0.3, -0.25) is 0 Å². The van der Waals surface area contributed by atoms with E-state index in [-0.39, 0.29) is 0 Å². The van der Waals surface area contributed by atoms with Crippen LogP contribution < -0.4 is 0 Å². The lowest BCUT2D eigenvalue weighted by Gasteiger charge is -2.27. The van der Waals surface area contributed by atoms with Crippen LogP contribution in [-0.4, -0.2) is 0 Å². The van der Waals surface area contributed by atoms with Crippen molar-refractivity contribution in [1.82, 2.24) is 0 Å². The molecular weight excluding hydrogens is 180 g/mol. The Morgan fingerprint density at radius 3 is 2.13 bits per heavy atom. The van der Waals surface area contributed by atoms with Gasteiger partial charge in [-0.25, -0.2) is 0 Å². The summed E-state index contributed by atoms with van der Waals surface area (Å²) in [6.07, 6.45) is 8.53. The highest BCUT2D eigenvalue weighted by Gasteiger charge is 2.19. The van der Waals surface area contributed by atoms with Gasteiger partial charge in [-0.15, -0.1) is 0 Å². The van der Waals surface area contributed by atoms with Crippen LogP contribution in [0, 0.1) is 11.8 Å². The minimum atomic E-state index is 0.954. The van der Waals surface area contributed by atoms with E-state index >= 15 is 0 Å². The summed E-state index contributed by atoms with van der Waals surface area (Å²) >= 11 is 0. The molecule has 1 aromatic rings. The van der Waals surface area contributed by atoms with E-state index in [1.807, 2.05) is 0 Å². The molecular formula is C15H22. The summed E-state index contributed by atoms with van der Waals surface area (Å²) in [6.45, 7) is 2.34. The van der Waals surface area contributed by atoms with Gasteiger partial charge in [0.25, 0.3) is 0 Å². The van der Waals surface area contributed by atoms with Gasteiger partial charge in [-0.05, 0) is 36.7 Å². The summed E-state index contributed by atoms with van der Waals surface area (Å²) in [4.78, 5) is 0. The van der Waals surface area contributed by atoms with E-state index in [4.69, 9.17) is 0 Å². The molecule has 0 saturated heterocycles. The SMILES string of the molecule is CCC1CCC(Cc2ccccc2)CC1. The van der Waals surface area contributed by atoms with Crippen molar-refractivity contribution in [2.24, 2.45) is 11.8 Å². The molecule has 1 saturated carbocycles. The molecule has 82 valence electrons. The van der Waals surface area contributed by atoms with Gasteiger partial charge in [0.1, 0.15) is 0 Å². The number of rotatable bonds is 3. The maximum Gasteiger partial charge on any atom is -0.0250 e. The Morgan fingerprint density at radius 1 is 0.933 bits per heavy atom. The first kappa shape index (κ1) is 10.7. The molecule has 0 spiro atoms. The van der Waals surface area contributed by atoms with Crippen molar-refractivity contribution in [3.63, 3.8) is 0 Å². The Bertz CT molecular complexity index is 267. The third-order valence-electron chi connectivity index (χ3n) is 3.91. The molecule has 0 atom stereocenters. The van der Waals surface area contributed by atoms with E-state index < -0.39 is 0 Å². The Kier molecular flexibility index (Phi) is 3.82. The van der Waals surface area contributed by atoms with Gasteiger partial charge >= 0.3 is 0 Å². The fourth-order valence-corrected chi connectivity index (χ4v) is 2.79. The van der Waals surface area contributed by atoms with E-state index in [9.17, 15) is 0 Å². The first-order chi connectivity index (χ1) is 7.38. The molecule has 1 aromatic carbocycles. The Hall–Kier alpha value is -0.780. The molecule has 15 heavy (non-hydrogen) atoms. The predicted octanol–water partition coefficient (Wildman–Crippen LogP) is 4.45. The van der Waals surface area contributed by atoms with Crippen LogP contribution in [0.5, 0.6) is 0 Å². The lowest BCUT2D eigenvalue weighted by atomic mass is 9.78. The van der Waals surface area contributed by atoms with Crippen LogP contribution in [0.25, 0.3) is 0 Å². The van der Waals surface area contributed by atoms with Crippen LogP contribution in [0.15, 0.2) is 30.3 Å². The molecule has 0 aromatic heterocycles. The fourth-order valence-electron chi connectivity index (χ4n) is 2.79. The fraction of sp³-hybridized carbons (Fsp3) is 0.600. The van der Waals surface area contributed by atoms with Crippen molar-refractivity contribution in [3.8, 4) is 0 Å². The van der Waals surface area contributed by atoms with Crippen molar-refractivity contribution in [3.05, 3.63) is 35.9 Å². The number of hydrogen-bond donors (Lipinski definition) is 0. The van der Waals surface area contributed by atoms with Gasteiger partial charge in [-0.1, -0.05) is 56.5 Å². The largest absolute Gasteiger partial charge is 0.0651 e. The Morgan fingerprint density at radius 2 is 1.53 bits per heavy atom. The van der Waals surface area contributed by atoms with E-state index in [0.29, 0.717) is 0 Å². The summed E-state index contributed by atoms with van der Waals surface area (Å²) < 4.78 is 0. The summed E-state index contributed by atoms with van der Waals surface area (Å²) in [7, 11) is 0. The van der Waals surface area contributed by atoms with Crippen molar-refractivity contribution < 1.29 is 0 Å². The zero-order valence-corrected chi connectivity index (χ0v) is 9.78. The molecule has 0 heterocycles. The minimum absolute atomic E-state index is 0.954. The van der Waals surface area contributed by atoms with Gasteiger partial charge < -0.3 is 0 Å². The second-order valence-corrected chi connectivity index (χ2v) is 4.98. The maximum atomic E-state index is 2.34. The van der Waals surface area contributed by atoms with Crippen LogP contribution in [0.2, 0.25) is 0 Å². The van der Waals surface area contributed by atoms with E-state index in [1.165, 1.54) is 44.1 Å². The molecule has 0 heteroatoms. The summed E-state index contributed by atoms with van der Waals surface area (Å²) in [5, 5.41) is 0. The highest BCUT2D eigenvalue weighted by atomic mass is 14.2. The first-order valence-corrected chi connectivity index (χ1v) is 6.42. The zero-order valence-electron chi connectivity index (χ0n) is 9.78. The Labute approximate surface area is 93.7 Å². The molecule has 1 fully saturated rings. The molecule has 0 nitrogen and oxygen atoms in total. The monoisotopic (exact) mass is 202 g/mol. The second kappa shape index (κ2) is 5.34. The molecule has 2 rings (SSSR count). The average Bonchev–Trinajstić information content (AvgIpc) is 2.31. The van der Waals surface area contributed by atoms with Gasteiger partial charge in [0.05, 0.1) is 0 Å². The standard InChI is InChI=1S/C15H22/c1-2-13-8-10-15(11-9-13)12-14-6-4-3-5-7-14/h3-7,13,15H,2,8-12H2,1H3. The van der Waals surface area contributed by atoms with Gasteiger partial charge in [0.15, 0.2) is 0 Å². The van der Waals surface area contributed by atoms with Crippen molar-refractivity contribution >= 4 is 0 Å². The van der Waals surface area contributed by atoms with Crippen LogP contribution in [0.1, 0.15) is 44.6 Å². The van der Waals surface area contributed by atoms with E-state index in [1.54, 1.807) is 0 Å². The van der Waals surface area contributed by atoms with Gasteiger partial charge in [-0.2, -0.15) is 0 Å². The number of hydrogen-bond acceptors (Lipinski definition) is 0. The minimum Gasteiger partial charge on any atom is -0.0651 e. The average molecular weight is 202 g/mol. The molecule has 0 bridgehead atoms. The topological polar surface area (TPSA) is 0 Å². The van der Waals surface area contributed by atoms with Gasteiger partial charge in [0.2, 0.25) is 0 Å². The predicted molar refractivity (Wildman–Crippen MR) is 65.9 cm³/mol. The van der Waals surface area contributed by atoms with Crippen molar-refractivity contribution in [1.29, 1.82) is 0 Å². The molecule has 0 radical (unpaired) electrons. The van der Waals surface area contributed by atoms with Crippen LogP contribution in [-0.2, 0) is 6.42 Å². The van der Waals surface area contributed by atoms with Crippen LogP contribution in [0.3, 0.4) is 0 Å². The normalized spacial score (nSPS) is 26.5. The molecule has 1 aliphatic carbocycles. The number of benzene rings is 1. The highest BCUT2D eigenvalue weighted by Crippen LogP contribution is 2.32. The highest BCUT2D eigenvalue weighted by molar-refractivity contribution is 5.15. The Balaban J connectivity index is 1.82. The molecule has 0 unspecified atom stereocenters. The van der Waals surface area contributed by atoms with Crippen LogP contribution in [0.4, 0.5) is 0 Å². The van der Waals surface area contributed by atoms with Crippen LogP contribution >= 0.6 is 0 Å². The summed E-state index contributed by atoms with van der Waals surface area (Å²) in [5.74, 6) is 1.98. The first-order valence-electron chi connectivity index (χ1n) is 6.42. The van der Waals surface area contributed by atoms with Gasteiger partial charge in [0, 0.05) is 0 Å². The smallest absolute Gasteiger partial charge is 0.0250 e. The quantitative estimate of drug-likeness (QED) is 0.679. The summed E-state index contributed by atoms with van der Waals surface area (Å²) in [6, 6.07) is 11.0. The van der Waals surface area contributed by atoms with Crippen molar-refractivity contribution in [2.45, 2.75) is 45.4 Å². The third-order valence-corrected chi connectivity index (χ3v) is 3.91. The lowest BCUT2D eigenvalue weighted by molar-refractivity contribution is 0.268. The third kappa shape index (κ3) is 3.09. The van der Waals surface area contributed by atoms with E-state index in [0.717, 1.165) is 11.8 Å². The lowest BCUT2D eigenvalue weighted by Crippen LogP contribution is -2.15. The molecule has 0 N–H and O–H groups in total. The second-order valence-electron chi connectivity index (χ2n) is 4.98. The summed E-state index contributed by atoms with van der Waals surface area (Å²) in [5.41, 5.74) is 1.53. The van der Waals surface area contributed by atoms with Crippen molar-refractivity contribution in [2.75, 3.05) is 0 Å². The molecule has 0 amide bonds. The van der Waals surface area contributed by atoms with E-state index in [2.05, 4.69) is 37.3 Å². The maximum absolute atomic E-state index is 2.34. The zero-order chi connectivity index (χ0) is 10.5. The molecule has 1 aliphatic rings.